The van der Waals surface area contributed by atoms with Gasteiger partial charge in [-0.05, 0) is 18.7 Å². The fraction of sp³-hybridized carbons (Fsp3) is 0.357. The molecule has 0 fully saturated rings. The third kappa shape index (κ3) is 3.99. The Balaban J connectivity index is 1.89. The van der Waals surface area contributed by atoms with Crippen LogP contribution in [0.1, 0.15) is 18.4 Å². The van der Waals surface area contributed by atoms with Gasteiger partial charge < -0.3 is 19.3 Å². The van der Waals surface area contributed by atoms with Gasteiger partial charge in [-0.2, -0.15) is 0 Å². The van der Waals surface area contributed by atoms with E-state index in [0.29, 0.717) is 18.9 Å². The Morgan fingerprint density at radius 2 is 2.11 bits per heavy atom. The lowest BCUT2D eigenvalue weighted by atomic mass is 10.3. The molecule has 0 aliphatic heterocycles. The van der Waals surface area contributed by atoms with Gasteiger partial charge in [0, 0.05) is 18.7 Å². The molecule has 102 valence electrons. The molecule has 19 heavy (non-hydrogen) atoms. The average molecular weight is 262 g/mol. The first-order valence-corrected chi connectivity index (χ1v) is 6.24. The normalized spacial score (nSPS) is 10.4. The van der Waals surface area contributed by atoms with Crippen molar-refractivity contribution >= 4 is 0 Å². The number of nitrogens with zero attached hydrogens (tertiary/aromatic N) is 1. The highest BCUT2D eigenvalue weighted by Crippen LogP contribution is 2.20. The zero-order chi connectivity index (χ0) is 13.5. The van der Waals surface area contributed by atoms with Crippen LogP contribution in [-0.4, -0.2) is 18.8 Å². The molecule has 2 aromatic rings. The van der Waals surface area contributed by atoms with Crippen LogP contribution in [0.2, 0.25) is 0 Å². The van der Waals surface area contributed by atoms with E-state index in [9.17, 15) is 0 Å². The third-order valence-electron chi connectivity index (χ3n) is 2.59. The van der Waals surface area contributed by atoms with Gasteiger partial charge in [0.25, 0.3) is 0 Å². The number of benzene rings is 1. The lowest BCUT2D eigenvalue weighted by molar-refractivity contribution is 0.247. The van der Waals surface area contributed by atoms with Crippen molar-refractivity contribution in [3.63, 3.8) is 0 Å². The molecule has 1 aromatic carbocycles. The Morgan fingerprint density at radius 1 is 1.26 bits per heavy atom. The topological polar surface area (TPSA) is 56.5 Å². The van der Waals surface area contributed by atoms with Crippen LogP contribution in [-0.2, 0) is 13.2 Å². The number of ether oxygens (including phenoxy) is 2. The first kappa shape index (κ1) is 13.4. The molecule has 1 aromatic heterocycles. The van der Waals surface area contributed by atoms with Gasteiger partial charge in [-0.1, -0.05) is 18.1 Å². The Morgan fingerprint density at radius 3 is 2.89 bits per heavy atom. The van der Waals surface area contributed by atoms with Crippen molar-refractivity contribution in [3.05, 3.63) is 41.8 Å². The van der Waals surface area contributed by atoms with E-state index >= 15 is 0 Å². The number of hydrogen-bond donors (Lipinski definition) is 1. The zero-order valence-electron chi connectivity index (χ0n) is 11.2. The van der Waals surface area contributed by atoms with Gasteiger partial charge in [0.2, 0.25) is 0 Å². The molecule has 0 amide bonds. The van der Waals surface area contributed by atoms with Crippen LogP contribution in [0.15, 0.2) is 34.9 Å². The summed E-state index contributed by atoms with van der Waals surface area (Å²) < 4.78 is 15.9. The molecule has 0 bridgehead atoms. The highest BCUT2D eigenvalue weighted by molar-refractivity contribution is 5.32. The molecule has 5 nitrogen and oxygen atoms in total. The average Bonchev–Trinajstić information content (AvgIpc) is 2.91. The molecule has 0 atom stereocenters. The molecule has 0 spiro atoms. The molecule has 2 rings (SSSR count). The Labute approximate surface area is 112 Å². The van der Waals surface area contributed by atoms with Gasteiger partial charge in [-0.15, -0.1) is 0 Å². The summed E-state index contributed by atoms with van der Waals surface area (Å²) in [5.41, 5.74) is 0.881. The number of nitrogens with one attached hydrogen (secondary N) is 1. The first-order valence-electron chi connectivity index (χ1n) is 6.24. The van der Waals surface area contributed by atoms with Crippen molar-refractivity contribution in [1.29, 1.82) is 0 Å². The fourth-order valence-corrected chi connectivity index (χ4v) is 1.61. The van der Waals surface area contributed by atoms with Crippen LogP contribution in [0.4, 0.5) is 0 Å². The second-order valence-electron chi connectivity index (χ2n) is 4.03. The Bertz CT molecular complexity index is 511. The maximum atomic E-state index is 5.62. The van der Waals surface area contributed by atoms with Gasteiger partial charge in [0.05, 0.1) is 12.8 Å². The van der Waals surface area contributed by atoms with Gasteiger partial charge in [0.1, 0.15) is 18.1 Å². The molecule has 0 radical (unpaired) electrons. The van der Waals surface area contributed by atoms with Crippen LogP contribution in [0, 0.1) is 0 Å². The molecule has 0 aliphatic rings. The van der Waals surface area contributed by atoms with Crippen LogP contribution in [0.3, 0.4) is 0 Å². The van der Waals surface area contributed by atoms with E-state index in [1.54, 1.807) is 7.11 Å². The van der Waals surface area contributed by atoms with E-state index in [2.05, 4.69) is 10.5 Å². The number of methoxy groups -OCH3 is 1. The summed E-state index contributed by atoms with van der Waals surface area (Å²) >= 11 is 0. The molecule has 0 saturated heterocycles. The number of hydrogen-bond acceptors (Lipinski definition) is 5. The number of rotatable bonds is 7. The predicted molar refractivity (Wildman–Crippen MR) is 71.2 cm³/mol. The smallest absolute Gasteiger partial charge is 0.174 e. The molecule has 1 heterocycles. The van der Waals surface area contributed by atoms with Crippen LogP contribution >= 0.6 is 0 Å². The van der Waals surface area contributed by atoms with E-state index in [1.165, 1.54) is 0 Å². The number of aromatic nitrogens is 1. The van der Waals surface area contributed by atoms with Gasteiger partial charge in [-0.25, -0.2) is 0 Å². The largest absolute Gasteiger partial charge is 0.497 e. The molecule has 0 unspecified atom stereocenters. The minimum absolute atomic E-state index is 0.353. The highest BCUT2D eigenvalue weighted by atomic mass is 16.5. The maximum absolute atomic E-state index is 5.62. The van der Waals surface area contributed by atoms with E-state index < -0.39 is 0 Å². The van der Waals surface area contributed by atoms with Gasteiger partial charge >= 0.3 is 0 Å². The third-order valence-corrected chi connectivity index (χ3v) is 2.59. The highest BCUT2D eigenvalue weighted by Gasteiger charge is 2.05. The summed E-state index contributed by atoms with van der Waals surface area (Å²) in [4.78, 5) is 0. The quantitative estimate of drug-likeness (QED) is 0.830. The van der Waals surface area contributed by atoms with Crippen LogP contribution < -0.4 is 14.8 Å². The Kier molecular flexibility index (Phi) is 4.80. The monoisotopic (exact) mass is 262 g/mol. The van der Waals surface area contributed by atoms with E-state index in [0.717, 1.165) is 23.7 Å². The standard InChI is InChI=1S/C14H18N2O3/c1-3-15-9-11-7-14(19-16-11)10-18-13-6-4-5-12(8-13)17-2/h4-8,15H,3,9-10H2,1-2H3. The second kappa shape index (κ2) is 6.80. The van der Waals surface area contributed by atoms with Crippen LogP contribution in [0.25, 0.3) is 0 Å². The van der Waals surface area contributed by atoms with Gasteiger partial charge in [-0.3, -0.25) is 0 Å². The van der Waals surface area contributed by atoms with Crippen molar-refractivity contribution in [2.24, 2.45) is 0 Å². The van der Waals surface area contributed by atoms with Crippen molar-refractivity contribution in [2.45, 2.75) is 20.1 Å². The van der Waals surface area contributed by atoms with Crippen molar-refractivity contribution in [1.82, 2.24) is 10.5 Å². The minimum Gasteiger partial charge on any atom is -0.497 e. The van der Waals surface area contributed by atoms with E-state index in [4.69, 9.17) is 14.0 Å². The zero-order valence-corrected chi connectivity index (χ0v) is 11.2. The summed E-state index contributed by atoms with van der Waals surface area (Å²) in [5.74, 6) is 2.21. The predicted octanol–water partition coefficient (Wildman–Crippen LogP) is 2.37. The van der Waals surface area contributed by atoms with Gasteiger partial charge in [0.15, 0.2) is 5.76 Å². The SMILES string of the molecule is CCNCc1cc(COc2cccc(OC)c2)on1. The molecule has 5 heteroatoms. The fourth-order valence-electron chi connectivity index (χ4n) is 1.61. The van der Waals surface area contributed by atoms with Crippen molar-refractivity contribution in [2.75, 3.05) is 13.7 Å². The first-order chi connectivity index (χ1) is 9.31. The van der Waals surface area contributed by atoms with Crippen LogP contribution in [0.5, 0.6) is 11.5 Å². The van der Waals surface area contributed by atoms with E-state index in [-0.39, 0.29) is 0 Å². The summed E-state index contributed by atoms with van der Waals surface area (Å²) in [6, 6.07) is 9.35. The van der Waals surface area contributed by atoms with E-state index in [1.807, 2.05) is 37.3 Å². The minimum atomic E-state index is 0.353. The summed E-state index contributed by atoms with van der Waals surface area (Å²) in [7, 11) is 1.63. The molecular formula is C14H18N2O3. The maximum Gasteiger partial charge on any atom is 0.174 e. The molecular weight excluding hydrogens is 244 g/mol. The molecule has 1 N–H and O–H groups in total. The second-order valence-corrected chi connectivity index (χ2v) is 4.03. The molecule has 0 aliphatic carbocycles. The Hall–Kier alpha value is -2.01. The summed E-state index contributed by atoms with van der Waals surface area (Å²) in [5, 5.41) is 7.14. The van der Waals surface area contributed by atoms with Crippen molar-refractivity contribution in [3.8, 4) is 11.5 Å². The summed E-state index contributed by atoms with van der Waals surface area (Å²) in [6.07, 6.45) is 0. The van der Waals surface area contributed by atoms with Crippen molar-refractivity contribution < 1.29 is 14.0 Å². The lowest BCUT2D eigenvalue weighted by Gasteiger charge is -2.05. The summed E-state index contributed by atoms with van der Waals surface area (Å²) in [6.45, 7) is 4.01. The molecule has 0 saturated carbocycles. The lowest BCUT2D eigenvalue weighted by Crippen LogP contribution is -2.11.